The summed E-state index contributed by atoms with van der Waals surface area (Å²) in [5.41, 5.74) is -1.07. The van der Waals surface area contributed by atoms with Crippen LogP contribution in [0.15, 0.2) is 0 Å². The molecule has 0 aromatic carbocycles. The second kappa shape index (κ2) is 1.94. The Balaban J connectivity index is 2.62. The molecule has 0 unspecified atom stereocenters. The lowest BCUT2D eigenvalue weighted by molar-refractivity contribution is -0.0752. The lowest BCUT2D eigenvalue weighted by Gasteiger charge is -2.21. The van der Waals surface area contributed by atoms with E-state index in [1.165, 1.54) is 6.92 Å². The highest BCUT2D eigenvalue weighted by Crippen LogP contribution is 2.29. The molecule has 54 valence electrons. The Bertz CT molecular complexity index is 111. The molecule has 3 nitrogen and oxygen atoms in total. The second-order valence-electron chi connectivity index (χ2n) is 2.91. The van der Waals surface area contributed by atoms with Crippen molar-refractivity contribution in [3.8, 4) is 0 Å². The molecule has 0 heterocycles. The van der Waals surface area contributed by atoms with Crippen LogP contribution in [0.2, 0.25) is 0 Å². The zero-order valence-corrected chi connectivity index (χ0v) is 5.41. The fourth-order valence-corrected chi connectivity index (χ4v) is 1.16. The highest BCUT2D eigenvalue weighted by atomic mass is 16.4. The van der Waals surface area contributed by atoms with Crippen LogP contribution in [0.1, 0.15) is 19.8 Å². The van der Waals surface area contributed by atoms with Crippen LogP contribution in [0, 0.1) is 0 Å². The normalized spacial score (nSPS) is 52.0. The van der Waals surface area contributed by atoms with Gasteiger partial charge in [0.25, 0.3) is 0 Å². The van der Waals surface area contributed by atoms with Crippen molar-refractivity contribution in [3.63, 3.8) is 0 Å². The smallest absolute Gasteiger partial charge is 0.108 e. The van der Waals surface area contributed by atoms with E-state index in [2.05, 4.69) is 0 Å². The van der Waals surface area contributed by atoms with E-state index in [0.717, 1.165) is 0 Å². The summed E-state index contributed by atoms with van der Waals surface area (Å²) in [5.74, 6) is 0. The van der Waals surface area contributed by atoms with Crippen molar-refractivity contribution in [1.29, 1.82) is 0 Å². The summed E-state index contributed by atoms with van der Waals surface area (Å²) < 4.78 is 0. The van der Waals surface area contributed by atoms with Crippen molar-refractivity contribution in [2.24, 2.45) is 0 Å². The van der Waals surface area contributed by atoms with E-state index in [4.69, 9.17) is 10.2 Å². The van der Waals surface area contributed by atoms with Crippen LogP contribution in [0.4, 0.5) is 0 Å². The Hall–Kier alpha value is -0.120. The monoisotopic (exact) mass is 132 g/mol. The van der Waals surface area contributed by atoms with E-state index in [-0.39, 0.29) is 0 Å². The van der Waals surface area contributed by atoms with Crippen molar-refractivity contribution < 1.29 is 15.3 Å². The van der Waals surface area contributed by atoms with E-state index in [1.54, 1.807) is 0 Å². The van der Waals surface area contributed by atoms with Gasteiger partial charge in [-0.25, -0.2) is 0 Å². The Morgan fingerprint density at radius 3 is 2.11 bits per heavy atom. The van der Waals surface area contributed by atoms with Gasteiger partial charge in [0.15, 0.2) is 0 Å². The molecule has 0 aliphatic heterocycles. The lowest BCUT2D eigenvalue weighted by atomic mass is 10.0. The third-order valence-corrected chi connectivity index (χ3v) is 1.95. The van der Waals surface area contributed by atoms with Crippen LogP contribution in [0.25, 0.3) is 0 Å². The highest BCUT2D eigenvalue weighted by molar-refractivity contribution is 4.94. The van der Waals surface area contributed by atoms with Crippen LogP contribution >= 0.6 is 0 Å². The average molecular weight is 132 g/mol. The Morgan fingerprint density at radius 2 is 2.00 bits per heavy atom. The number of hydrogen-bond acceptors (Lipinski definition) is 3. The van der Waals surface area contributed by atoms with E-state index >= 15 is 0 Å². The average Bonchev–Trinajstić information content (AvgIpc) is 1.97. The summed E-state index contributed by atoms with van der Waals surface area (Å²) in [5, 5.41) is 27.2. The van der Waals surface area contributed by atoms with Crippen LogP contribution in [-0.4, -0.2) is 33.1 Å². The SMILES string of the molecule is C[C@@]1(O)CC[C@H](O)[C@@H]1O. The molecule has 1 saturated carbocycles. The molecule has 0 amide bonds. The Labute approximate surface area is 53.9 Å². The molecule has 1 aliphatic carbocycles. The summed E-state index contributed by atoms with van der Waals surface area (Å²) in [6.45, 7) is 1.54. The van der Waals surface area contributed by atoms with Gasteiger partial charge in [-0.2, -0.15) is 0 Å². The van der Waals surface area contributed by atoms with Gasteiger partial charge in [0.2, 0.25) is 0 Å². The molecular formula is C6H12O3. The highest BCUT2D eigenvalue weighted by Gasteiger charge is 2.41. The van der Waals surface area contributed by atoms with Gasteiger partial charge < -0.3 is 15.3 Å². The summed E-state index contributed by atoms with van der Waals surface area (Å²) >= 11 is 0. The Kier molecular flexibility index (Phi) is 1.50. The fourth-order valence-electron chi connectivity index (χ4n) is 1.16. The number of hydrogen-bond donors (Lipinski definition) is 3. The summed E-state index contributed by atoms with van der Waals surface area (Å²) in [6.07, 6.45) is -0.721. The molecule has 3 N–H and O–H groups in total. The van der Waals surface area contributed by atoms with Gasteiger partial charge in [0.1, 0.15) is 6.10 Å². The van der Waals surface area contributed by atoms with Crippen LogP contribution in [0.5, 0.6) is 0 Å². The van der Waals surface area contributed by atoms with Gasteiger partial charge in [0.05, 0.1) is 11.7 Å². The van der Waals surface area contributed by atoms with Gasteiger partial charge in [-0.1, -0.05) is 0 Å². The maximum absolute atomic E-state index is 9.22. The third-order valence-electron chi connectivity index (χ3n) is 1.95. The van der Waals surface area contributed by atoms with Gasteiger partial charge in [-0.05, 0) is 19.8 Å². The minimum Gasteiger partial charge on any atom is -0.390 e. The first-order chi connectivity index (χ1) is 4.04. The first-order valence-corrected chi connectivity index (χ1v) is 3.12. The molecule has 0 aromatic rings. The van der Waals surface area contributed by atoms with Crippen molar-refractivity contribution in [2.75, 3.05) is 0 Å². The maximum Gasteiger partial charge on any atom is 0.108 e. The molecule has 3 atom stereocenters. The predicted molar refractivity (Wildman–Crippen MR) is 31.9 cm³/mol. The maximum atomic E-state index is 9.22. The van der Waals surface area contributed by atoms with Crippen LogP contribution < -0.4 is 0 Å². The Morgan fingerprint density at radius 1 is 1.44 bits per heavy atom. The molecule has 9 heavy (non-hydrogen) atoms. The standard InChI is InChI=1S/C6H12O3/c1-6(9)3-2-4(7)5(6)8/h4-5,7-9H,2-3H2,1H3/t4-,5-,6+/m0/s1. The molecule has 1 rings (SSSR count). The van der Waals surface area contributed by atoms with Crippen molar-refractivity contribution in [3.05, 3.63) is 0 Å². The van der Waals surface area contributed by atoms with Crippen LogP contribution in [0.3, 0.4) is 0 Å². The van der Waals surface area contributed by atoms with Gasteiger partial charge in [-0.3, -0.25) is 0 Å². The molecular weight excluding hydrogens is 120 g/mol. The van der Waals surface area contributed by atoms with Crippen molar-refractivity contribution in [2.45, 2.75) is 37.6 Å². The van der Waals surface area contributed by atoms with E-state index < -0.39 is 17.8 Å². The van der Waals surface area contributed by atoms with Crippen LogP contribution in [-0.2, 0) is 0 Å². The zero-order valence-electron chi connectivity index (χ0n) is 5.41. The lowest BCUT2D eigenvalue weighted by Crippen LogP contribution is -2.38. The summed E-state index contributed by atoms with van der Waals surface area (Å²) in [6, 6.07) is 0. The number of aliphatic hydroxyl groups is 3. The molecule has 0 saturated heterocycles. The van der Waals surface area contributed by atoms with E-state index in [1.807, 2.05) is 0 Å². The summed E-state index contributed by atoms with van der Waals surface area (Å²) in [7, 11) is 0. The molecule has 0 radical (unpaired) electrons. The minimum absolute atomic E-state index is 0.481. The molecule has 0 spiro atoms. The molecule has 0 bridgehead atoms. The molecule has 3 heteroatoms. The topological polar surface area (TPSA) is 60.7 Å². The van der Waals surface area contributed by atoms with E-state index in [9.17, 15) is 5.11 Å². The zero-order chi connectivity index (χ0) is 7.07. The van der Waals surface area contributed by atoms with E-state index in [0.29, 0.717) is 12.8 Å². The molecule has 1 fully saturated rings. The first kappa shape index (κ1) is 6.99. The number of aliphatic hydroxyl groups excluding tert-OH is 2. The van der Waals surface area contributed by atoms with Crippen molar-refractivity contribution >= 4 is 0 Å². The fraction of sp³-hybridized carbons (Fsp3) is 1.00. The minimum atomic E-state index is -1.07. The van der Waals surface area contributed by atoms with Gasteiger partial charge >= 0.3 is 0 Å². The number of rotatable bonds is 0. The third kappa shape index (κ3) is 1.08. The van der Waals surface area contributed by atoms with Gasteiger partial charge in [0, 0.05) is 0 Å². The predicted octanol–water partition coefficient (Wildman–Crippen LogP) is -0.747. The summed E-state index contributed by atoms with van der Waals surface area (Å²) in [4.78, 5) is 0. The van der Waals surface area contributed by atoms with Crippen molar-refractivity contribution in [1.82, 2.24) is 0 Å². The largest absolute Gasteiger partial charge is 0.390 e. The van der Waals surface area contributed by atoms with Gasteiger partial charge in [-0.15, -0.1) is 0 Å². The quantitative estimate of drug-likeness (QED) is 0.406. The second-order valence-corrected chi connectivity index (χ2v) is 2.91. The molecule has 0 aromatic heterocycles. The first-order valence-electron chi connectivity index (χ1n) is 3.12. The molecule has 1 aliphatic rings.